The van der Waals surface area contributed by atoms with Gasteiger partial charge in [0, 0.05) is 29.4 Å². The van der Waals surface area contributed by atoms with E-state index in [4.69, 9.17) is 9.26 Å². The Morgan fingerprint density at radius 2 is 2.33 bits per heavy atom. The Balaban J connectivity index is 1.49. The topological polar surface area (TPSA) is 60.2 Å². The number of nitrogens with zero attached hydrogens (tertiary/aromatic N) is 2. The number of aryl methyl sites for hydroxylation is 2. The third-order valence-corrected chi connectivity index (χ3v) is 5.37. The van der Waals surface area contributed by atoms with Gasteiger partial charge in [-0.15, -0.1) is 11.3 Å². The minimum absolute atomic E-state index is 0.400. The molecule has 2 aliphatic rings. The van der Waals surface area contributed by atoms with Gasteiger partial charge in [0.2, 0.25) is 0 Å². The van der Waals surface area contributed by atoms with Gasteiger partial charge in [0.15, 0.2) is 0 Å². The fourth-order valence-electron chi connectivity index (χ4n) is 3.18. The van der Waals surface area contributed by atoms with E-state index in [1.165, 1.54) is 28.4 Å². The van der Waals surface area contributed by atoms with Crippen molar-refractivity contribution in [3.05, 3.63) is 32.6 Å². The van der Waals surface area contributed by atoms with Crippen molar-refractivity contribution in [2.75, 3.05) is 6.61 Å². The van der Waals surface area contributed by atoms with Gasteiger partial charge in [-0.1, -0.05) is 5.16 Å². The molecule has 3 heterocycles. The van der Waals surface area contributed by atoms with Crippen molar-refractivity contribution in [3.8, 4) is 0 Å². The summed E-state index contributed by atoms with van der Waals surface area (Å²) in [5.74, 6) is 0.996. The molecule has 1 atom stereocenters. The minimum Gasteiger partial charge on any atom is -0.376 e. The zero-order valence-electron chi connectivity index (χ0n) is 12.1. The molecule has 0 saturated heterocycles. The summed E-state index contributed by atoms with van der Waals surface area (Å²) >= 11 is 1.82. The van der Waals surface area contributed by atoms with Crippen molar-refractivity contribution in [2.45, 2.75) is 51.8 Å². The van der Waals surface area contributed by atoms with Crippen LogP contribution in [0.1, 0.15) is 51.5 Å². The van der Waals surface area contributed by atoms with Gasteiger partial charge in [0.05, 0.1) is 23.9 Å². The van der Waals surface area contributed by atoms with Crippen LogP contribution in [-0.2, 0) is 30.7 Å². The van der Waals surface area contributed by atoms with Crippen molar-refractivity contribution in [1.82, 2.24) is 15.5 Å². The van der Waals surface area contributed by atoms with E-state index in [2.05, 4.69) is 22.4 Å². The zero-order valence-corrected chi connectivity index (χ0v) is 13.0. The standard InChI is InChI=1S/C15H19N3O2S/c1-9-17-12-4-2-3-11(15(12)21-9)16-7-13-10-8-19-6-5-14(10)20-18-13/h11,16H,2-8H2,1H3. The van der Waals surface area contributed by atoms with Gasteiger partial charge in [-0.2, -0.15) is 0 Å². The third kappa shape index (κ3) is 2.52. The molecule has 0 amide bonds. The van der Waals surface area contributed by atoms with Crippen LogP contribution < -0.4 is 5.32 Å². The zero-order chi connectivity index (χ0) is 14.2. The summed E-state index contributed by atoms with van der Waals surface area (Å²) in [6, 6.07) is 0.400. The first-order chi connectivity index (χ1) is 10.3. The van der Waals surface area contributed by atoms with Crippen LogP contribution in [0, 0.1) is 6.92 Å². The van der Waals surface area contributed by atoms with E-state index >= 15 is 0 Å². The molecule has 1 aliphatic carbocycles. The molecular weight excluding hydrogens is 286 g/mol. The summed E-state index contributed by atoms with van der Waals surface area (Å²) in [6.07, 6.45) is 4.33. The fraction of sp³-hybridized carbons (Fsp3) is 0.600. The van der Waals surface area contributed by atoms with Crippen molar-refractivity contribution in [3.63, 3.8) is 0 Å². The van der Waals surface area contributed by atoms with Crippen LogP contribution in [0.25, 0.3) is 0 Å². The highest BCUT2D eigenvalue weighted by molar-refractivity contribution is 7.11. The molecule has 4 rings (SSSR count). The molecule has 0 aromatic carbocycles. The van der Waals surface area contributed by atoms with Gasteiger partial charge < -0.3 is 14.6 Å². The number of rotatable bonds is 3. The molecule has 1 aliphatic heterocycles. The Bertz CT molecular complexity index is 649. The summed E-state index contributed by atoms with van der Waals surface area (Å²) in [5.41, 5.74) is 3.43. The van der Waals surface area contributed by atoms with E-state index in [1.54, 1.807) is 0 Å². The van der Waals surface area contributed by atoms with Crippen molar-refractivity contribution < 1.29 is 9.26 Å². The lowest BCUT2D eigenvalue weighted by atomic mass is 9.98. The van der Waals surface area contributed by atoms with E-state index in [9.17, 15) is 0 Å². The van der Waals surface area contributed by atoms with E-state index in [1.807, 2.05) is 11.3 Å². The third-order valence-electron chi connectivity index (χ3n) is 4.24. The van der Waals surface area contributed by atoms with E-state index in [0.717, 1.165) is 43.0 Å². The molecule has 21 heavy (non-hydrogen) atoms. The van der Waals surface area contributed by atoms with E-state index in [0.29, 0.717) is 12.6 Å². The van der Waals surface area contributed by atoms with Gasteiger partial charge in [0.25, 0.3) is 0 Å². The molecule has 112 valence electrons. The second kappa shape index (κ2) is 5.51. The van der Waals surface area contributed by atoms with E-state index < -0.39 is 0 Å². The normalized spacial score (nSPS) is 21.1. The summed E-state index contributed by atoms with van der Waals surface area (Å²) in [6.45, 7) is 4.20. The molecule has 2 aromatic rings. The highest BCUT2D eigenvalue weighted by atomic mass is 32.1. The van der Waals surface area contributed by atoms with Crippen LogP contribution in [0.4, 0.5) is 0 Å². The Hall–Kier alpha value is -1.24. The Labute approximate surface area is 127 Å². The molecule has 1 N–H and O–H groups in total. The number of hydrogen-bond donors (Lipinski definition) is 1. The van der Waals surface area contributed by atoms with Gasteiger partial charge in [-0.3, -0.25) is 0 Å². The summed E-state index contributed by atoms with van der Waals surface area (Å²) in [4.78, 5) is 6.05. The second-order valence-electron chi connectivity index (χ2n) is 5.70. The summed E-state index contributed by atoms with van der Waals surface area (Å²) in [7, 11) is 0. The first kappa shape index (κ1) is 13.4. The molecule has 0 bridgehead atoms. The monoisotopic (exact) mass is 305 g/mol. The lowest BCUT2D eigenvalue weighted by Gasteiger charge is -2.22. The van der Waals surface area contributed by atoms with Crippen molar-refractivity contribution in [1.29, 1.82) is 0 Å². The van der Waals surface area contributed by atoms with Crippen LogP contribution in [0.2, 0.25) is 0 Å². The van der Waals surface area contributed by atoms with Crippen molar-refractivity contribution >= 4 is 11.3 Å². The number of nitrogens with one attached hydrogen (secondary N) is 1. The highest BCUT2D eigenvalue weighted by Crippen LogP contribution is 2.34. The quantitative estimate of drug-likeness (QED) is 0.944. The molecule has 0 spiro atoms. The second-order valence-corrected chi connectivity index (χ2v) is 6.94. The maximum absolute atomic E-state index is 5.51. The average Bonchev–Trinajstić information content (AvgIpc) is 3.07. The maximum atomic E-state index is 5.51. The first-order valence-electron chi connectivity index (χ1n) is 7.55. The number of fused-ring (bicyclic) bond motifs is 2. The van der Waals surface area contributed by atoms with Gasteiger partial charge in [-0.05, 0) is 26.2 Å². The van der Waals surface area contributed by atoms with Crippen molar-refractivity contribution in [2.24, 2.45) is 0 Å². The van der Waals surface area contributed by atoms with Crippen LogP contribution in [0.15, 0.2) is 4.52 Å². The molecule has 2 aromatic heterocycles. The molecule has 5 nitrogen and oxygen atoms in total. The molecule has 6 heteroatoms. The van der Waals surface area contributed by atoms with Gasteiger partial charge in [-0.25, -0.2) is 4.98 Å². The molecule has 0 fully saturated rings. The predicted molar refractivity (Wildman–Crippen MR) is 79.2 cm³/mol. The van der Waals surface area contributed by atoms with Crippen LogP contribution in [0.5, 0.6) is 0 Å². The molecule has 0 radical (unpaired) electrons. The van der Waals surface area contributed by atoms with E-state index in [-0.39, 0.29) is 0 Å². The first-order valence-corrected chi connectivity index (χ1v) is 8.36. The largest absolute Gasteiger partial charge is 0.376 e. The SMILES string of the molecule is Cc1nc2c(s1)C(NCc1noc3c1COCC3)CCC2. The average molecular weight is 305 g/mol. The lowest BCUT2D eigenvalue weighted by molar-refractivity contribution is 0.102. The fourth-order valence-corrected chi connectivity index (χ4v) is 4.26. The Morgan fingerprint density at radius 1 is 1.38 bits per heavy atom. The maximum Gasteiger partial charge on any atom is 0.144 e. The van der Waals surface area contributed by atoms with Crippen LogP contribution in [0.3, 0.4) is 0 Å². The number of hydrogen-bond acceptors (Lipinski definition) is 6. The van der Waals surface area contributed by atoms with Crippen LogP contribution >= 0.6 is 11.3 Å². The summed E-state index contributed by atoms with van der Waals surface area (Å²) in [5, 5.41) is 9.02. The number of thiazole rings is 1. The molecular formula is C15H19N3O2S. The van der Waals surface area contributed by atoms with Crippen LogP contribution in [-0.4, -0.2) is 16.7 Å². The lowest BCUT2D eigenvalue weighted by Crippen LogP contribution is -2.24. The van der Waals surface area contributed by atoms with Gasteiger partial charge in [0.1, 0.15) is 11.5 Å². The molecule has 1 unspecified atom stereocenters. The number of ether oxygens (including phenoxy) is 1. The smallest absolute Gasteiger partial charge is 0.144 e. The van der Waals surface area contributed by atoms with Gasteiger partial charge >= 0.3 is 0 Å². The molecule has 0 saturated carbocycles. The highest BCUT2D eigenvalue weighted by Gasteiger charge is 2.25. The Kier molecular flexibility index (Phi) is 3.52. The minimum atomic E-state index is 0.400. The number of aromatic nitrogens is 2. The Morgan fingerprint density at radius 3 is 3.29 bits per heavy atom. The predicted octanol–water partition coefficient (Wildman–Crippen LogP) is 2.68. The summed E-state index contributed by atoms with van der Waals surface area (Å²) < 4.78 is 10.9.